The van der Waals surface area contributed by atoms with Crippen molar-refractivity contribution in [1.82, 2.24) is 0 Å². The second-order valence-corrected chi connectivity index (χ2v) is 4.43. The van der Waals surface area contributed by atoms with Crippen LogP contribution in [0.15, 0.2) is 6.07 Å². The SMILES string of the molecule is CC(=O)O.Cc1cc(C)c(C(O)C(=O)O)c(C)c1C. The van der Waals surface area contributed by atoms with Crippen LogP contribution in [0, 0.1) is 27.7 Å². The molecule has 3 N–H and O–H groups in total. The molecule has 1 atom stereocenters. The Kier molecular flexibility index (Phi) is 6.21. The number of carboxylic acid groups (broad SMARTS) is 2. The van der Waals surface area contributed by atoms with E-state index in [1.165, 1.54) is 0 Å². The van der Waals surface area contributed by atoms with Gasteiger partial charge in [-0.1, -0.05) is 6.07 Å². The van der Waals surface area contributed by atoms with Crippen molar-refractivity contribution in [2.24, 2.45) is 0 Å². The quantitative estimate of drug-likeness (QED) is 0.763. The van der Waals surface area contributed by atoms with Crippen molar-refractivity contribution in [3.05, 3.63) is 33.9 Å². The molecule has 0 aromatic heterocycles. The van der Waals surface area contributed by atoms with Crippen molar-refractivity contribution in [2.45, 2.75) is 40.7 Å². The van der Waals surface area contributed by atoms with Gasteiger partial charge in [-0.25, -0.2) is 4.79 Å². The van der Waals surface area contributed by atoms with Gasteiger partial charge in [0.15, 0.2) is 6.10 Å². The van der Waals surface area contributed by atoms with Crippen LogP contribution in [-0.2, 0) is 9.59 Å². The lowest BCUT2D eigenvalue weighted by molar-refractivity contribution is -0.147. The zero-order valence-electron chi connectivity index (χ0n) is 11.8. The van der Waals surface area contributed by atoms with Crippen LogP contribution in [0.5, 0.6) is 0 Å². The highest BCUT2D eigenvalue weighted by atomic mass is 16.4. The summed E-state index contributed by atoms with van der Waals surface area (Å²) in [5, 5.41) is 25.8. The Bertz CT molecular complexity index is 487. The Morgan fingerprint density at radius 1 is 1.00 bits per heavy atom. The molecule has 0 aliphatic heterocycles. The second kappa shape index (κ2) is 6.89. The van der Waals surface area contributed by atoms with E-state index in [2.05, 4.69) is 0 Å². The molecular weight excluding hydrogens is 248 g/mol. The first-order valence-corrected chi connectivity index (χ1v) is 5.77. The molecule has 0 saturated heterocycles. The molecule has 0 fully saturated rings. The van der Waals surface area contributed by atoms with Crippen LogP contribution < -0.4 is 0 Å². The average molecular weight is 268 g/mol. The molecule has 0 aliphatic rings. The number of hydrogen-bond donors (Lipinski definition) is 3. The molecule has 106 valence electrons. The molecule has 5 nitrogen and oxygen atoms in total. The summed E-state index contributed by atoms with van der Waals surface area (Å²) < 4.78 is 0. The topological polar surface area (TPSA) is 94.8 Å². The van der Waals surface area contributed by atoms with Gasteiger partial charge in [-0.3, -0.25) is 4.79 Å². The number of carboxylic acids is 2. The summed E-state index contributed by atoms with van der Waals surface area (Å²) in [4.78, 5) is 19.8. The molecule has 0 spiro atoms. The van der Waals surface area contributed by atoms with Crippen LogP contribution in [0.2, 0.25) is 0 Å². The fraction of sp³-hybridized carbons (Fsp3) is 0.429. The van der Waals surface area contributed by atoms with E-state index in [1.807, 2.05) is 33.8 Å². The Balaban J connectivity index is 0.000000711. The fourth-order valence-electron chi connectivity index (χ4n) is 1.85. The average Bonchev–Trinajstić information content (AvgIpc) is 2.25. The lowest BCUT2D eigenvalue weighted by Gasteiger charge is -2.17. The van der Waals surface area contributed by atoms with Gasteiger partial charge in [0.25, 0.3) is 5.97 Å². The maximum atomic E-state index is 10.8. The molecule has 0 bridgehead atoms. The maximum Gasteiger partial charge on any atom is 0.337 e. The zero-order valence-corrected chi connectivity index (χ0v) is 11.8. The van der Waals surface area contributed by atoms with E-state index in [4.69, 9.17) is 15.0 Å². The summed E-state index contributed by atoms with van der Waals surface area (Å²) in [6.07, 6.45) is -1.43. The molecule has 0 radical (unpaired) electrons. The van der Waals surface area contributed by atoms with Crippen molar-refractivity contribution in [3.63, 3.8) is 0 Å². The summed E-state index contributed by atoms with van der Waals surface area (Å²) in [6, 6.07) is 1.91. The number of aliphatic carboxylic acids is 2. The molecule has 0 saturated carbocycles. The Hall–Kier alpha value is -1.88. The van der Waals surface area contributed by atoms with Gasteiger partial charge in [0.1, 0.15) is 0 Å². The molecule has 0 heterocycles. The van der Waals surface area contributed by atoms with Gasteiger partial charge in [-0.05, 0) is 55.5 Å². The smallest absolute Gasteiger partial charge is 0.337 e. The Morgan fingerprint density at radius 2 is 1.42 bits per heavy atom. The van der Waals surface area contributed by atoms with Gasteiger partial charge in [0, 0.05) is 6.92 Å². The van der Waals surface area contributed by atoms with Crippen LogP contribution in [0.4, 0.5) is 0 Å². The predicted molar refractivity (Wildman–Crippen MR) is 71.3 cm³/mol. The summed E-state index contributed by atoms with van der Waals surface area (Å²) in [5.74, 6) is -2.04. The number of aryl methyl sites for hydroxylation is 2. The highest BCUT2D eigenvalue weighted by Gasteiger charge is 2.21. The largest absolute Gasteiger partial charge is 0.481 e. The minimum absolute atomic E-state index is 0.519. The number of hydrogen-bond acceptors (Lipinski definition) is 3. The molecular formula is C14H20O5. The van der Waals surface area contributed by atoms with Crippen LogP contribution in [0.1, 0.15) is 40.8 Å². The minimum atomic E-state index is -1.43. The second-order valence-electron chi connectivity index (χ2n) is 4.43. The lowest BCUT2D eigenvalue weighted by atomic mass is 9.91. The highest BCUT2D eigenvalue weighted by Crippen LogP contribution is 2.27. The van der Waals surface area contributed by atoms with Crippen LogP contribution in [0.3, 0.4) is 0 Å². The number of carbonyl (C=O) groups is 2. The predicted octanol–water partition coefficient (Wildman–Crippen LogP) is 2.13. The normalized spacial score (nSPS) is 11.3. The van der Waals surface area contributed by atoms with E-state index in [-0.39, 0.29) is 0 Å². The van der Waals surface area contributed by atoms with Crippen molar-refractivity contribution in [2.75, 3.05) is 0 Å². The van der Waals surface area contributed by atoms with Crippen molar-refractivity contribution < 1.29 is 24.9 Å². The third-order valence-electron chi connectivity index (χ3n) is 2.92. The van der Waals surface area contributed by atoms with E-state index in [9.17, 15) is 9.90 Å². The van der Waals surface area contributed by atoms with Gasteiger partial charge in [0.2, 0.25) is 0 Å². The molecule has 0 amide bonds. The molecule has 1 rings (SSSR count). The van der Waals surface area contributed by atoms with Crippen molar-refractivity contribution in [3.8, 4) is 0 Å². The molecule has 0 aliphatic carbocycles. The van der Waals surface area contributed by atoms with Gasteiger partial charge in [-0.2, -0.15) is 0 Å². The first-order chi connectivity index (χ1) is 8.59. The van der Waals surface area contributed by atoms with Gasteiger partial charge in [-0.15, -0.1) is 0 Å². The maximum absolute atomic E-state index is 10.8. The van der Waals surface area contributed by atoms with Crippen LogP contribution in [0.25, 0.3) is 0 Å². The van der Waals surface area contributed by atoms with Crippen molar-refractivity contribution in [1.29, 1.82) is 0 Å². The van der Waals surface area contributed by atoms with Gasteiger partial charge in [0.05, 0.1) is 0 Å². The Labute approximate surface area is 112 Å². The molecule has 5 heteroatoms. The summed E-state index contributed by atoms with van der Waals surface area (Å²) in [6.45, 7) is 8.66. The standard InChI is InChI=1S/C12H16O3.C2H4O2/c1-6-5-7(2)10(9(4)8(6)3)11(13)12(14)15;1-2(3)4/h5,11,13H,1-4H3,(H,14,15);1H3,(H,3,4). The van der Waals surface area contributed by atoms with E-state index >= 15 is 0 Å². The summed E-state index contributed by atoms with van der Waals surface area (Å²) >= 11 is 0. The number of rotatable bonds is 2. The Morgan fingerprint density at radius 3 is 1.79 bits per heavy atom. The first-order valence-electron chi connectivity index (χ1n) is 5.77. The van der Waals surface area contributed by atoms with E-state index in [0.717, 1.165) is 29.2 Å². The van der Waals surface area contributed by atoms with E-state index < -0.39 is 18.0 Å². The monoisotopic (exact) mass is 268 g/mol. The number of aliphatic hydroxyl groups excluding tert-OH is 1. The third kappa shape index (κ3) is 4.71. The van der Waals surface area contributed by atoms with Gasteiger partial charge < -0.3 is 15.3 Å². The van der Waals surface area contributed by atoms with E-state index in [0.29, 0.717) is 5.56 Å². The number of aliphatic hydroxyl groups is 1. The first kappa shape index (κ1) is 17.1. The summed E-state index contributed by atoms with van der Waals surface area (Å²) in [5.41, 5.74) is 4.36. The minimum Gasteiger partial charge on any atom is -0.481 e. The van der Waals surface area contributed by atoms with Crippen LogP contribution in [-0.4, -0.2) is 27.3 Å². The van der Waals surface area contributed by atoms with E-state index in [1.54, 1.807) is 0 Å². The zero-order chi connectivity index (χ0) is 15.3. The summed E-state index contributed by atoms with van der Waals surface area (Å²) in [7, 11) is 0. The fourth-order valence-corrected chi connectivity index (χ4v) is 1.85. The molecule has 1 aromatic carbocycles. The molecule has 1 aromatic rings. The molecule has 19 heavy (non-hydrogen) atoms. The van der Waals surface area contributed by atoms with Crippen LogP contribution >= 0.6 is 0 Å². The molecule has 1 unspecified atom stereocenters. The van der Waals surface area contributed by atoms with Gasteiger partial charge >= 0.3 is 5.97 Å². The number of benzene rings is 1. The third-order valence-corrected chi connectivity index (χ3v) is 2.92. The highest BCUT2D eigenvalue weighted by molar-refractivity contribution is 5.75. The lowest BCUT2D eigenvalue weighted by Crippen LogP contribution is -2.14. The van der Waals surface area contributed by atoms with Crippen molar-refractivity contribution >= 4 is 11.9 Å².